The van der Waals surface area contributed by atoms with E-state index in [1.54, 1.807) is 6.08 Å². The highest BCUT2D eigenvalue weighted by Crippen LogP contribution is 2.10. The molecule has 0 heterocycles. The second-order valence-corrected chi connectivity index (χ2v) is 5.36. The molecule has 0 aliphatic carbocycles. The molecule has 1 nitrogen and oxygen atoms in total. The maximum atomic E-state index is 11.9. The molecular weight excluding hydrogens is 335 g/mol. The van der Waals surface area contributed by atoms with Gasteiger partial charge in [-0.05, 0) is 53.3 Å². The lowest BCUT2D eigenvalue weighted by molar-refractivity contribution is 0.104. The summed E-state index contributed by atoms with van der Waals surface area (Å²) < 4.78 is 1.13. The monoisotopic (exact) mass is 348 g/mol. The van der Waals surface area contributed by atoms with Crippen LogP contribution in [-0.4, -0.2) is 5.78 Å². The van der Waals surface area contributed by atoms with Gasteiger partial charge in [0.05, 0.1) is 0 Å². The molecule has 0 fully saturated rings. The van der Waals surface area contributed by atoms with Gasteiger partial charge in [0.25, 0.3) is 0 Å². The summed E-state index contributed by atoms with van der Waals surface area (Å²) in [5.74, 6) is 0.0342. The molecular formula is C16H13IO. The number of ketones is 1. The first-order valence-corrected chi connectivity index (χ1v) is 6.78. The van der Waals surface area contributed by atoms with Crippen molar-refractivity contribution in [2.45, 2.75) is 6.92 Å². The van der Waals surface area contributed by atoms with Crippen LogP contribution < -0.4 is 0 Å². The number of allylic oxidation sites excluding steroid dienone is 1. The van der Waals surface area contributed by atoms with Gasteiger partial charge in [-0.15, -0.1) is 0 Å². The van der Waals surface area contributed by atoms with Crippen molar-refractivity contribution in [3.63, 3.8) is 0 Å². The van der Waals surface area contributed by atoms with Gasteiger partial charge in [-0.1, -0.05) is 48.0 Å². The van der Waals surface area contributed by atoms with Crippen LogP contribution in [0.4, 0.5) is 0 Å². The normalized spacial score (nSPS) is 10.8. The first-order chi connectivity index (χ1) is 8.65. The summed E-state index contributed by atoms with van der Waals surface area (Å²) in [5, 5.41) is 0. The minimum absolute atomic E-state index is 0.0342. The summed E-state index contributed by atoms with van der Waals surface area (Å²) in [5.41, 5.74) is 2.98. The first kappa shape index (κ1) is 13.0. The Labute approximate surface area is 121 Å². The third-order valence-electron chi connectivity index (χ3n) is 2.63. The smallest absolute Gasteiger partial charge is 0.185 e. The van der Waals surface area contributed by atoms with E-state index in [0.29, 0.717) is 0 Å². The van der Waals surface area contributed by atoms with E-state index < -0.39 is 0 Å². The van der Waals surface area contributed by atoms with Crippen molar-refractivity contribution in [3.8, 4) is 0 Å². The highest BCUT2D eigenvalue weighted by molar-refractivity contribution is 14.1. The Hall–Kier alpha value is -1.42. The van der Waals surface area contributed by atoms with Crippen LogP contribution in [-0.2, 0) is 0 Å². The average Bonchev–Trinajstić information content (AvgIpc) is 2.38. The molecule has 0 bridgehead atoms. The molecule has 2 heteroatoms. The SMILES string of the molecule is Cc1ccc(/C=C/C(=O)c2ccc(I)cc2)cc1. The molecule has 0 radical (unpaired) electrons. The number of hydrogen-bond acceptors (Lipinski definition) is 1. The van der Waals surface area contributed by atoms with Crippen molar-refractivity contribution in [1.29, 1.82) is 0 Å². The summed E-state index contributed by atoms with van der Waals surface area (Å²) in [4.78, 5) is 11.9. The van der Waals surface area contributed by atoms with E-state index in [0.717, 1.165) is 14.7 Å². The molecule has 0 aromatic heterocycles. The zero-order valence-electron chi connectivity index (χ0n) is 10.1. The van der Waals surface area contributed by atoms with Gasteiger partial charge >= 0.3 is 0 Å². The standard InChI is InChI=1S/C16H13IO/c1-12-2-4-13(5-3-12)6-11-16(18)14-7-9-15(17)10-8-14/h2-11H,1H3/b11-6+. The molecule has 0 N–H and O–H groups in total. The number of aryl methyl sites for hydroxylation is 1. The predicted molar refractivity (Wildman–Crippen MR) is 83.7 cm³/mol. The van der Waals surface area contributed by atoms with Gasteiger partial charge < -0.3 is 0 Å². The fraction of sp³-hybridized carbons (Fsp3) is 0.0625. The predicted octanol–water partition coefficient (Wildman–Crippen LogP) is 4.50. The Balaban J connectivity index is 2.11. The van der Waals surface area contributed by atoms with Crippen molar-refractivity contribution in [2.75, 3.05) is 0 Å². The van der Waals surface area contributed by atoms with Gasteiger partial charge in [-0.2, -0.15) is 0 Å². The molecule has 18 heavy (non-hydrogen) atoms. The summed E-state index contributed by atoms with van der Waals surface area (Å²) in [6, 6.07) is 15.7. The van der Waals surface area contributed by atoms with Crippen LogP contribution in [0.5, 0.6) is 0 Å². The number of carbonyl (C=O) groups excluding carboxylic acids is 1. The van der Waals surface area contributed by atoms with E-state index in [-0.39, 0.29) is 5.78 Å². The molecule has 2 rings (SSSR count). The van der Waals surface area contributed by atoms with Crippen LogP contribution in [0.2, 0.25) is 0 Å². The molecule has 0 atom stereocenters. The first-order valence-electron chi connectivity index (χ1n) is 5.70. The molecule has 0 amide bonds. The quantitative estimate of drug-likeness (QED) is 0.454. The summed E-state index contributed by atoms with van der Waals surface area (Å²) in [6.07, 6.45) is 3.46. The zero-order valence-corrected chi connectivity index (χ0v) is 12.2. The Morgan fingerprint density at radius 1 is 1.00 bits per heavy atom. The summed E-state index contributed by atoms with van der Waals surface area (Å²) >= 11 is 2.22. The molecule has 2 aromatic rings. The molecule has 0 spiro atoms. The highest BCUT2D eigenvalue weighted by atomic mass is 127. The van der Waals surface area contributed by atoms with Crippen molar-refractivity contribution in [3.05, 3.63) is 74.9 Å². The second-order valence-electron chi connectivity index (χ2n) is 4.12. The maximum absolute atomic E-state index is 11.9. The summed E-state index contributed by atoms with van der Waals surface area (Å²) in [7, 11) is 0. The Bertz CT molecular complexity index is 565. The number of benzene rings is 2. The number of rotatable bonds is 3. The van der Waals surface area contributed by atoms with Crippen LogP contribution >= 0.6 is 22.6 Å². The van der Waals surface area contributed by atoms with E-state index >= 15 is 0 Å². The van der Waals surface area contributed by atoms with E-state index in [1.165, 1.54) is 5.56 Å². The largest absolute Gasteiger partial charge is 0.289 e. The van der Waals surface area contributed by atoms with E-state index in [4.69, 9.17) is 0 Å². The number of hydrogen-bond donors (Lipinski definition) is 0. The van der Waals surface area contributed by atoms with E-state index in [2.05, 4.69) is 22.6 Å². The number of halogens is 1. The minimum Gasteiger partial charge on any atom is -0.289 e. The van der Waals surface area contributed by atoms with Gasteiger partial charge in [-0.3, -0.25) is 4.79 Å². The molecule has 0 aliphatic heterocycles. The number of carbonyl (C=O) groups is 1. The maximum Gasteiger partial charge on any atom is 0.185 e. The molecule has 0 saturated carbocycles. The van der Waals surface area contributed by atoms with Crippen molar-refractivity contribution >= 4 is 34.5 Å². The zero-order chi connectivity index (χ0) is 13.0. The van der Waals surface area contributed by atoms with Crippen molar-refractivity contribution in [2.24, 2.45) is 0 Å². The van der Waals surface area contributed by atoms with E-state index in [1.807, 2.05) is 61.5 Å². The average molecular weight is 348 g/mol. The van der Waals surface area contributed by atoms with Gasteiger partial charge in [0, 0.05) is 9.13 Å². The van der Waals surface area contributed by atoms with Crippen LogP contribution in [0.1, 0.15) is 21.5 Å². The lowest BCUT2D eigenvalue weighted by atomic mass is 10.1. The van der Waals surface area contributed by atoms with Crippen molar-refractivity contribution in [1.82, 2.24) is 0 Å². The van der Waals surface area contributed by atoms with Crippen LogP contribution in [0.3, 0.4) is 0 Å². The fourth-order valence-corrected chi connectivity index (χ4v) is 1.92. The molecule has 0 saturated heterocycles. The lowest BCUT2D eigenvalue weighted by Gasteiger charge is -1.97. The van der Waals surface area contributed by atoms with Crippen LogP contribution in [0.25, 0.3) is 6.08 Å². The Morgan fingerprint density at radius 3 is 2.22 bits per heavy atom. The van der Waals surface area contributed by atoms with E-state index in [9.17, 15) is 4.79 Å². The third kappa shape index (κ3) is 3.53. The molecule has 0 unspecified atom stereocenters. The third-order valence-corrected chi connectivity index (χ3v) is 3.35. The van der Waals surface area contributed by atoms with Crippen LogP contribution in [0.15, 0.2) is 54.6 Å². The van der Waals surface area contributed by atoms with Crippen molar-refractivity contribution < 1.29 is 4.79 Å². The molecule has 2 aromatic carbocycles. The summed E-state index contributed by atoms with van der Waals surface area (Å²) in [6.45, 7) is 2.05. The van der Waals surface area contributed by atoms with Gasteiger partial charge in [0.2, 0.25) is 0 Å². The lowest BCUT2D eigenvalue weighted by Crippen LogP contribution is -1.93. The fourth-order valence-electron chi connectivity index (χ4n) is 1.56. The van der Waals surface area contributed by atoms with Gasteiger partial charge in [0.1, 0.15) is 0 Å². The molecule has 0 aliphatic rings. The molecule has 90 valence electrons. The Morgan fingerprint density at radius 2 is 1.61 bits per heavy atom. The Kier molecular flexibility index (Phi) is 4.31. The second kappa shape index (κ2) is 5.96. The van der Waals surface area contributed by atoms with Crippen LogP contribution in [0, 0.1) is 10.5 Å². The highest BCUT2D eigenvalue weighted by Gasteiger charge is 2.00. The topological polar surface area (TPSA) is 17.1 Å². The van der Waals surface area contributed by atoms with Gasteiger partial charge in [0.15, 0.2) is 5.78 Å². The van der Waals surface area contributed by atoms with Gasteiger partial charge in [-0.25, -0.2) is 0 Å². The minimum atomic E-state index is 0.0342.